The van der Waals surface area contributed by atoms with Crippen molar-refractivity contribution in [1.82, 2.24) is 25.1 Å². The van der Waals surface area contributed by atoms with Crippen LogP contribution in [0.2, 0.25) is 0 Å². The summed E-state index contributed by atoms with van der Waals surface area (Å²) in [5.74, 6) is -0.710. The Balaban J connectivity index is 1.59. The van der Waals surface area contributed by atoms with Crippen molar-refractivity contribution < 1.29 is 14.4 Å². The molecule has 0 spiro atoms. The summed E-state index contributed by atoms with van der Waals surface area (Å²) in [6, 6.07) is 8.77. The SMILES string of the molecule is CCCC[C@H](C)[C@@H]1C(=O)N(CCc2ccccc2)C=CN1C(=O)[C@@H](NC(=O)c1cnccn1)C1CCCCC1. The van der Waals surface area contributed by atoms with Gasteiger partial charge in [-0.2, -0.15) is 0 Å². The lowest BCUT2D eigenvalue weighted by molar-refractivity contribution is -0.147. The first-order chi connectivity index (χ1) is 19.0. The smallest absolute Gasteiger partial charge is 0.272 e. The van der Waals surface area contributed by atoms with Crippen molar-refractivity contribution >= 4 is 17.7 Å². The van der Waals surface area contributed by atoms with Gasteiger partial charge < -0.3 is 15.1 Å². The lowest BCUT2D eigenvalue weighted by atomic mass is 9.82. The van der Waals surface area contributed by atoms with Crippen LogP contribution in [0.15, 0.2) is 61.3 Å². The lowest BCUT2D eigenvalue weighted by Gasteiger charge is -2.41. The lowest BCUT2D eigenvalue weighted by Crippen LogP contribution is -2.59. The van der Waals surface area contributed by atoms with Crippen LogP contribution in [-0.4, -0.2) is 56.1 Å². The van der Waals surface area contributed by atoms with Crippen molar-refractivity contribution in [2.75, 3.05) is 6.54 Å². The van der Waals surface area contributed by atoms with E-state index in [0.717, 1.165) is 63.4 Å². The van der Waals surface area contributed by atoms with Gasteiger partial charge in [0.25, 0.3) is 5.91 Å². The van der Waals surface area contributed by atoms with E-state index in [4.69, 9.17) is 0 Å². The van der Waals surface area contributed by atoms with E-state index >= 15 is 0 Å². The molecule has 1 aromatic heterocycles. The highest BCUT2D eigenvalue weighted by Gasteiger charge is 2.42. The standard InChI is InChI=1S/C31H41N5O3/c1-3-4-11-23(2)28-31(39)35(19-16-24-12-7-5-8-13-24)20-21-36(28)30(38)27(25-14-9-6-10-15-25)34-29(37)26-22-32-17-18-33-26/h5,7-8,12-13,17-18,20-23,25,27-28H,3-4,6,9-11,14-16,19H2,1-2H3,(H,34,37)/t23-,27-,28+/m0/s1. The van der Waals surface area contributed by atoms with Gasteiger partial charge in [-0.3, -0.25) is 19.4 Å². The molecule has 1 aromatic carbocycles. The third kappa shape index (κ3) is 7.31. The molecular weight excluding hydrogens is 490 g/mol. The number of unbranched alkanes of at least 4 members (excludes halogenated alkanes) is 1. The van der Waals surface area contributed by atoms with Gasteiger partial charge in [0, 0.05) is 31.3 Å². The molecule has 0 bridgehead atoms. The average Bonchev–Trinajstić information content (AvgIpc) is 2.98. The summed E-state index contributed by atoms with van der Waals surface area (Å²) >= 11 is 0. The van der Waals surface area contributed by atoms with E-state index in [1.807, 2.05) is 18.2 Å². The number of nitrogens with one attached hydrogen (secondary N) is 1. The second-order valence-electron chi connectivity index (χ2n) is 10.8. The molecule has 1 aliphatic heterocycles. The summed E-state index contributed by atoms with van der Waals surface area (Å²) in [5, 5.41) is 2.98. The maximum absolute atomic E-state index is 14.2. The van der Waals surface area contributed by atoms with Crippen molar-refractivity contribution in [2.45, 2.75) is 83.7 Å². The number of carbonyl (C=O) groups is 3. The predicted molar refractivity (Wildman–Crippen MR) is 150 cm³/mol. The summed E-state index contributed by atoms with van der Waals surface area (Å²) in [4.78, 5) is 52.7. The first kappa shape index (κ1) is 28.5. The Morgan fingerprint density at radius 1 is 1.08 bits per heavy atom. The number of nitrogens with zero attached hydrogens (tertiary/aromatic N) is 4. The van der Waals surface area contributed by atoms with Crippen LogP contribution in [0.3, 0.4) is 0 Å². The van der Waals surface area contributed by atoms with Crippen LogP contribution in [-0.2, 0) is 16.0 Å². The number of amides is 3. The molecule has 2 aliphatic rings. The quantitative estimate of drug-likeness (QED) is 0.452. The number of rotatable bonds is 11. The molecule has 1 N–H and O–H groups in total. The first-order valence-corrected chi connectivity index (χ1v) is 14.4. The zero-order valence-corrected chi connectivity index (χ0v) is 23.2. The van der Waals surface area contributed by atoms with Crippen LogP contribution >= 0.6 is 0 Å². The van der Waals surface area contributed by atoms with E-state index in [0.29, 0.717) is 6.54 Å². The highest BCUT2D eigenvalue weighted by Crippen LogP contribution is 2.31. The summed E-state index contributed by atoms with van der Waals surface area (Å²) in [6.07, 6.45) is 16.3. The highest BCUT2D eigenvalue weighted by molar-refractivity contribution is 5.98. The third-order valence-electron chi connectivity index (χ3n) is 8.00. The summed E-state index contributed by atoms with van der Waals surface area (Å²) in [5.41, 5.74) is 1.34. The zero-order valence-electron chi connectivity index (χ0n) is 23.2. The van der Waals surface area contributed by atoms with Gasteiger partial charge in [0.05, 0.1) is 6.20 Å². The minimum absolute atomic E-state index is 0.0121. The van der Waals surface area contributed by atoms with E-state index in [1.54, 1.807) is 22.2 Å². The summed E-state index contributed by atoms with van der Waals surface area (Å²) in [6.45, 7) is 4.74. The van der Waals surface area contributed by atoms with Crippen molar-refractivity contribution in [2.24, 2.45) is 11.8 Å². The Morgan fingerprint density at radius 3 is 2.54 bits per heavy atom. The number of hydrogen-bond donors (Lipinski definition) is 1. The average molecular weight is 532 g/mol. The number of benzene rings is 1. The number of hydrogen-bond acceptors (Lipinski definition) is 5. The fraction of sp³-hybridized carbons (Fsp3) is 0.516. The Labute approximate surface area is 231 Å². The van der Waals surface area contributed by atoms with E-state index in [1.165, 1.54) is 18.6 Å². The molecule has 3 amide bonds. The van der Waals surface area contributed by atoms with E-state index in [2.05, 4.69) is 41.3 Å². The minimum atomic E-state index is -0.728. The fourth-order valence-electron chi connectivity index (χ4n) is 5.74. The van der Waals surface area contributed by atoms with E-state index in [9.17, 15) is 14.4 Å². The zero-order chi connectivity index (χ0) is 27.6. The molecule has 0 radical (unpaired) electrons. The van der Waals surface area contributed by atoms with Crippen LogP contribution in [0.4, 0.5) is 0 Å². The molecule has 1 fully saturated rings. The molecular formula is C31H41N5O3. The van der Waals surface area contributed by atoms with E-state index < -0.39 is 18.0 Å². The Bertz CT molecular complexity index is 1120. The summed E-state index contributed by atoms with van der Waals surface area (Å²) < 4.78 is 0. The van der Waals surface area contributed by atoms with Crippen LogP contribution in [0, 0.1) is 11.8 Å². The predicted octanol–water partition coefficient (Wildman–Crippen LogP) is 4.73. The number of aromatic nitrogens is 2. The Kier molecular flexibility index (Phi) is 10.2. The molecule has 8 nitrogen and oxygen atoms in total. The minimum Gasteiger partial charge on any atom is -0.339 e. The fourth-order valence-corrected chi connectivity index (χ4v) is 5.74. The maximum atomic E-state index is 14.2. The molecule has 1 saturated carbocycles. The van der Waals surface area contributed by atoms with Crippen molar-refractivity contribution in [3.8, 4) is 0 Å². The second-order valence-corrected chi connectivity index (χ2v) is 10.8. The molecule has 39 heavy (non-hydrogen) atoms. The van der Waals surface area contributed by atoms with Crippen LogP contribution in [0.5, 0.6) is 0 Å². The third-order valence-corrected chi connectivity index (χ3v) is 8.00. The summed E-state index contributed by atoms with van der Waals surface area (Å²) in [7, 11) is 0. The maximum Gasteiger partial charge on any atom is 0.272 e. The monoisotopic (exact) mass is 531 g/mol. The topological polar surface area (TPSA) is 95.5 Å². The Hall–Kier alpha value is -3.55. The molecule has 3 atom stereocenters. The van der Waals surface area contributed by atoms with Gasteiger partial charge in [0.2, 0.25) is 11.8 Å². The molecule has 2 heterocycles. The highest BCUT2D eigenvalue weighted by atomic mass is 16.2. The van der Waals surface area contributed by atoms with Crippen LogP contribution < -0.4 is 5.32 Å². The first-order valence-electron chi connectivity index (χ1n) is 14.4. The molecule has 208 valence electrons. The molecule has 4 rings (SSSR count). The van der Waals surface area contributed by atoms with Gasteiger partial charge in [0.1, 0.15) is 17.8 Å². The second kappa shape index (κ2) is 14.0. The largest absolute Gasteiger partial charge is 0.339 e. The molecule has 8 heteroatoms. The van der Waals surface area contributed by atoms with Gasteiger partial charge in [-0.25, -0.2) is 4.98 Å². The number of carbonyl (C=O) groups excluding carboxylic acids is 3. The van der Waals surface area contributed by atoms with Gasteiger partial charge in [-0.15, -0.1) is 0 Å². The normalized spacial score (nSPS) is 19.5. The van der Waals surface area contributed by atoms with Crippen LogP contribution in [0.25, 0.3) is 0 Å². The van der Waals surface area contributed by atoms with Crippen molar-refractivity contribution in [3.05, 3.63) is 72.6 Å². The van der Waals surface area contributed by atoms with E-state index in [-0.39, 0.29) is 29.3 Å². The Morgan fingerprint density at radius 2 is 1.85 bits per heavy atom. The molecule has 1 aliphatic carbocycles. The van der Waals surface area contributed by atoms with Crippen LogP contribution in [0.1, 0.15) is 81.3 Å². The van der Waals surface area contributed by atoms with Gasteiger partial charge in [-0.1, -0.05) is 76.3 Å². The van der Waals surface area contributed by atoms with Gasteiger partial charge in [0.15, 0.2) is 0 Å². The van der Waals surface area contributed by atoms with Gasteiger partial charge in [-0.05, 0) is 43.1 Å². The van der Waals surface area contributed by atoms with Gasteiger partial charge >= 0.3 is 0 Å². The molecule has 0 unspecified atom stereocenters. The van der Waals surface area contributed by atoms with Crippen molar-refractivity contribution in [1.29, 1.82) is 0 Å². The molecule has 0 saturated heterocycles. The molecule has 2 aromatic rings. The van der Waals surface area contributed by atoms with Crippen molar-refractivity contribution in [3.63, 3.8) is 0 Å².